The number of hydrogen-bond donors (Lipinski definition) is 3. The van der Waals surface area contributed by atoms with Gasteiger partial charge >= 0.3 is 0 Å². The van der Waals surface area contributed by atoms with Crippen molar-refractivity contribution in [3.8, 4) is 0 Å². The number of rotatable bonds is 1. The Morgan fingerprint density at radius 2 is 0.880 bits per heavy atom. The highest BCUT2D eigenvalue weighted by molar-refractivity contribution is 7.81. The summed E-state index contributed by atoms with van der Waals surface area (Å²) in [6.45, 7) is 10.5. The lowest BCUT2D eigenvalue weighted by molar-refractivity contribution is 0.812. The highest BCUT2D eigenvalue weighted by Crippen LogP contribution is 2.35. The smallest absolute Gasteiger partial charge is 0.0474 e. The fraction of sp³-hybridized carbons (Fsp3) is 0.364. The Morgan fingerprint density at radius 1 is 0.680 bits per heavy atom. The van der Waals surface area contributed by atoms with Gasteiger partial charge in [-0.2, -0.15) is 12.6 Å². The van der Waals surface area contributed by atoms with Crippen molar-refractivity contribution >= 4 is 45.5 Å². The van der Waals surface area contributed by atoms with Gasteiger partial charge in [0.05, 0.1) is 0 Å². The molecule has 0 aliphatic heterocycles. The van der Waals surface area contributed by atoms with E-state index in [1.54, 1.807) is 0 Å². The van der Waals surface area contributed by atoms with E-state index in [0.29, 0.717) is 0 Å². The topological polar surface area (TPSA) is 52.0 Å². The van der Waals surface area contributed by atoms with Crippen LogP contribution in [0.1, 0.15) is 47.5 Å². The molecule has 0 amide bonds. The summed E-state index contributed by atoms with van der Waals surface area (Å²) in [6.07, 6.45) is 2.64. The van der Waals surface area contributed by atoms with Crippen LogP contribution in [-0.2, 0) is 0 Å². The first-order chi connectivity index (χ1) is 11.7. The molecule has 0 aromatic heterocycles. The van der Waals surface area contributed by atoms with Crippen molar-refractivity contribution in [1.82, 2.24) is 0 Å². The average molecular weight is 357 g/mol. The third-order valence-corrected chi connectivity index (χ3v) is 3.51. The molecule has 0 bridgehead atoms. The van der Waals surface area contributed by atoms with Gasteiger partial charge in [0.25, 0.3) is 0 Å². The van der Waals surface area contributed by atoms with Crippen molar-refractivity contribution in [3.05, 3.63) is 48.5 Å². The molecule has 0 saturated carbocycles. The fourth-order valence-electron chi connectivity index (χ4n) is 2.20. The molecule has 2 nitrogen and oxygen atoms in total. The van der Waals surface area contributed by atoms with E-state index in [0.717, 1.165) is 32.9 Å². The van der Waals surface area contributed by atoms with E-state index in [1.807, 2.05) is 48.5 Å². The molecule has 4 N–H and O–H groups in total. The zero-order valence-corrected chi connectivity index (χ0v) is 17.0. The first-order valence-electron chi connectivity index (χ1n) is 8.87. The van der Waals surface area contributed by atoms with Crippen molar-refractivity contribution < 1.29 is 0 Å². The van der Waals surface area contributed by atoms with Crippen LogP contribution in [0.3, 0.4) is 0 Å². The average Bonchev–Trinajstić information content (AvgIpc) is 2.58. The van der Waals surface area contributed by atoms with Crippen molar-refractivity contribution in [3.63, 3.8) is 0 Å². The molecule has 136 valence electrons. The molecule has 0 aliphatic carbocycles. The minimum Gasteiger partial charge on any atom is -0.398 e. The van der Waals surface area contributed by atoms with Gasteiger partial charge in [0.2, 0.25) is 0 Å². The fourth-order valence-corrected chi connectivity index (χ4v) is 2.20. The summed E-state index contributed by atoms with van der Waals surface area (Å²) in [6, 6.07) is 15.9. The van der Waals surface area contributed by atoms with Crippen LogP contribution in [-0.4, -0.2) is 4.75 Å². The number of fused-ring (bicyclic) bond motifs is 2. The second-order valence-corrected chi connectivity index (χ2v) is 8.43. The number of hydrogen-bond acceptors (Lipinski definition) is 3. The third kappa shape index (κ3) is 6.50. The highest BCUT2D eigenvalue weighted by Gasteiger charge is 2.08. The number of nitrogens with two attached hydrogens (primary N) is 2. The minimum atomic E-state index is 0.194. The minimum absolute atomic E-state index is 0.194. The van der Waals surface area contributed by atoms with E-state index in [4.69, 9.17) is 11.5 Å². The summed E-state index contributed by atoms with van der Waals surface area (Å²) in [5, 5.41) is 4.11. The summed E-state index contributed by atoms with van der Waals surface area (Å²) in [4.78, 5) is 0. The molecule has 3 aromatic carbocycles. The van der Waals surface area contributed by atoms with Crippen molar-refractivity contribution in [1.29, 1.82) is 0 Å². The molecule has 0 atom stereocenters. The predicted molar refractivity (Wildman–Crippen MR) is 120 cm³/mol. The molecule has 0 radical (unpaired) electrons. The Kier molecular flexibility index (Phi) is 8.11. The number of benzene rings is 3. The Balaban J connectivity index is 0.000000293. The van der Waals surface area contributed by atoms with Gasteiger partial charge in [0, 0.05) is 37.7 Å². The molecule has 0 saturated heterocycles. The quantitative estimate of drug-likeness (QED) is 0.197. The van der Waals surface area contributed by atoms with E-state index >= 15 is 0 Å². The van der Waals surface area contributed by atoms with Crippen LogP contribution in [0.25, 0.3) is 21.5 Å². The van der Waals surface area contributed by atoms with E-state index in [1.165, 1.54) is 12.8 Å². The van der Waals surface area contributed by atoms with E-state index in [-0.39, 0.29) is 4.75 Å². The van der Waals surface area contributed by atoms with Crippen LogP contribution in [0, 0.1) is 0 Å². The summed E-state index contributed by atoms with van der Waals surface area (Å²) >= 11 is 4.12. The molecule has 0 spiro atoms. The van der Waals surface area contributed by atoms with Gasteiger partial charge in [-0.1, -0.05) is 96.0 Å². The van der Waals surface area contributed by atoms with Gasteiger partial charge in [-0.05, 0) is 0 Å². The Labute approximate surface area is 158 Å². The Bertz CT molecular complexity index is 679. The molecule has 3 aromatic rings. The molecule has 3 rings (SSSR count). The second-order valence-electron chi connectivity index (χ2n) is 7.09. The Hall–Kier alpha value is -1.87. The van der Waals surface area contributed by atoms with Gasteiger partial charge in [-0.25, -0.2) is 0 Å². The molecule has 3 heteroatoms. The lowest BCUT2D eigenvalue weighted by Crippen LogP contribution is -1.99. The van der Waals surface area contributed by atoms with Gasteiger partial charge in [-0.3, -0.25) is 0 Å². The normalized spacial score (nSPS) is 10.6. The van der Waals surface area contributed by atoms with Crippen LogP contribution in [0.5, 0.6) is 0 Å². The van der Waals surface area contributed by atoms with Crippen LogP contribution < -0.4 is 11.5 Å². The lowest BCUT2D eigenvalue weighted by Gasteiger charge is -2.10. The van der Waals surface area contributed by atoms with Crippen LogP contribution >= 0.6 is 12.6 Å². The lowest BCUT2D eigenvalue weighted by atomic mass is 9.99. The molecule has 25 heavy (non-hydrogen) atoms. The van der Waals surface area contributed by atoms with E-state index in [2.05, 4.69) is 47.2 Å². The maximum Gasteiger partial charge on any atom is 0.0474 e. The Morgan fingerprint density at radius 3 is 1.04 bits per heavy atom. The van der Waals surface area contributed by atoms with E-state index < -0.39 is 0 Å². The summed E-state index contributed by atoms with van der Waals surface area (Å²) in [7, 11) is 0. The molecule has 0 unspecified atom stereocenters. The maximum absolute atomic E-state index is 6.17. The monoisotopic (exact) mass is 356 g/mol. The summed E-state index contributed by atoms with van der Waals surface area (Å²) < 4.78 is 0.194. The summed E-state index contributed by atoms with van der Waals surface area (Å²) in [5.74, 6) is 0. The molecular weight excluding hydrogens is 324 g/mol. The van der Waals surface area contributed by atoms with Gasteiger partial charge in [-0.15, -0.1) is 0 Å². The molecule has 0 aliphatic rings. The van der Waals surface area contributed by atoms with Gasteiger partial charge in [0.1, 0.15) is 0 Å². The first kappa shape index (κ1) is 21.2. The van der Waals surface area contributed by atoms with Crippen LogP contribution in [0.15, 0.2) is 48.5 Å². The van der Waals surface area contributed by atoms with Crippen molar-refractivity contribution in [2.75, 3.05) is 11.5 Å². The first-order valence-corrected chi connectivity index (χ1v) is 9.32. The maximum atomic E-state index is 6.17. The van der Waals surface area contributed by atoms with Crippen LogP contribution in [0.2, 0.25) is 0 Å². The van der Waals surface area contributed by atoms with Crippen molar-refractivity contribution in [2.24, 2.45) is 0 Å². The standard InChI is InChI=1S/C14H12N2.C4H10S.C4H10/c15-13-9-5-1-2-6-10(9)14(16)12-8-4-3-7-11(12)13;1-4(2,3)5;1-3-4-2/h1-8H,15-16H2;5H,1-3H3;3-4H2,1-2H3. The van der Waals surface area contributed by atoms with Gasteiger partial charge in [0.15, 0.2) is 0 Å². The molecular formula is C22H32N2S. The highest BCUT2D eigenvalue weighted by atomic mass is 32.1. The van der Waals surface area contributed by atoms with E-state index in [9.17, 15) is 0 Å². The second kappa shape index (κ2) is 9.57. The number of thiol groups is 1. The summed E-state index contributed by atoms with van der Waals surface area (Å²) in [5.41, 5.74) is 13.9. The largest absolute Gasteiger partial charge is 0.398 e. The number of anilines is 2. The van der Waals surface area contributed by atoms with Crippen molar-refractivity contribution in [2.45, 2.75) is 52.2 Å². The predicted octanol–water partition coefficient (Wildman–Crippen LogP) is 6.68. The van der Waals surface area contributed by atoms with Crippen LogP contribution in [0.4, 0.5) is 11.4 Å². The zero-order chi connectivity index (χ0) is 19.0. The van der Waals surface area contributed by atoms with Gasteiger partial charge < -0.3 is 11.5 Å². The number of nitrogen functional groups attached to an aromatic ring is 2. The zero-order valence-electron chi connectivity index (χ0n) is 16.1. The molecule has 0 heterocycles. The molecule has 0 fully saturated rings. The SMILES string of the molecule is CC(C)(C)S.CCCC.Nc1c2ccccc2c(N)c2ccccc12. The third-order valence-electron chi connectivity index (χ3n) is 3.51. The number of unbranched alkanes of at least 4 members (excludes halogenated alkanes) is 1.